The van der Waals surface area contributed by atoms with Crippen molar-refractivity contribution < 1.29 is 14.3 Å². The maximum absolute atomic E-state index is 12.2. The van der Waals surface area contributed by atoms with Crippen molar-refractivity contribution in [1.29, 1.82) is 0 Å². The molecule has 0 aliphatic rings. The Balaban J connectivity index is 1.23. The number of hydrogen-bond donors (Lipinski definition) is 2. The smallest absolute Gasteiger partial charge is 0.262 e. The van der Waals surface area contributed by atoms with Gasteiger partial charge in [0.2, 0.25) is 5.91 Å². The van der Waals surface area contributed by atoms with Crippen LogP contribution in [0, 0.1) is 0 Å². The molecule has 0 bridgehead atoms. The summed E-state index contributed by atoms with van der Waals surface area (Å²) in [4.78, 5) is 24.4. The molecule has 5 heteroatoms. The third kappa shape index (κ3) is 5.95. The quantitative estimate of drug-likeness (QED) is 0.396. The molecular formula is C27H24N2O3. The van der Waals surface area contributed by atoms with E-state index in [1.807, 2.05) is 72.8 Å². The van der Waals surface area contributed by atoms with E-state index in [1.165, 1.54) is 0 Å². The maximum Gasteiger partial charge on any atom is 0.262 e. The highest BCUT2D eigenvalue weighted by Gasteiger charge is 2.06. The number of benzene rings is 4. The Morgan fingerprint density at radius 3 is 2.00 bits per heavy atom. The second-order valence-corrected chi connectivity index (χ2v) is 7.46. The summed E-state index contributed by atoms with van der Waals surface area (Å²) >= 11 is 0. The van der Waals surface area contributed by atoms with Crippen molar-refractivity contribution in [2.75, 3.05) is 17.2 Å². The van der Waals surface area contributed by atoms with Gasteiger partial charge < -0.3 is 15.4 Å². The molecule has 5 nitrogen and oxygen atoms in total. The monoisotopic (exact) mass is 424 g/mol. The summed E-state index contributed by atoms with van der Waals surface area (Å²) in [5, 5.41) is 7.86. The summed E-state index contributed by atoms with van der Waals surface area (Å²) in [5.74, 6) is 0.347. The first kappa shape index (κ1) is 21.1. The number of anilines is 2. The maximum atomic E-state index is 12.2. The van der Waals surface area contributed by atoms with E-state index in [4.69, 9.17) is 4.74 Å². The number of rotatable bonds is 8. The van der Waals surface area contributed by atoms with Crippen LogP contribution in [0.2, 0.25) is 0 Å². The lowest BCUT2D eigenvalue weighted by molar-refractivity contribution is -0.118. The zero-order chi connectivity index (χ0) is 22.2. The standard InChI is InChI=1S/C27H24N2O3/c30-26(17-10-20-6-2-1-3-7-20)28-23-12-14-24(15-13-23)29-27(31)19-32-25-16-11-21-8-4-5-9-22(21)18-25/h1-9,11-16,18H,10,17,19H2,(H,28,30)(H,29,31). The third-order valence-electron chi connectivity index (χ3n) is 5.03. The van der Waals surface area contributed by atoms with Gasteiger partial charge in [-0.25, -0.2) is 0 Å². The van der Waals surface area contributed by atoms with Gasteiger partial charge in [0, 0.05) is 17.8 Å². The van der Waals surface area contributed by atoms with E-state index < -0.39 is 0 Å². The topological polar surface area (TPSA) is 67.4 Å². The second kappa shape index (κ2) is 10.3. The predicted molar refractivity (Wildman–Crippen MR) is 128 cm³/mol. The number of fused-ring (bicyclic) bond motifs is 1. The number of carbonyl (C=O) groups is 2. The lowest BCUT2D eigenvalue weighted by Gasteiger charge is -2.10. The van der Waals surface area contributed by atoms with Crippen molar-refractivity contribution in [3.8, 4) is 5.75 Å². The van der Waals surface area contributed by atoms with Gasteiger partial charge in [0.15, 0.2) is 6.61 Å². The molecule has 0 atom stereocenters. The van der Waals surface area contributed by atoms with Crippen molar-refractivity contribution in [3.05, 3.63) is 103 Å². The molecule has 0 aromatic heterocycles. The van der Waals surface area contributed by atoms with E-state index in [9.17, 15) is 9.59 Å². The van der Waals surface area contributed by atoms with Gasteiger partial charge in [-0.1, -0.05) is 60.7 Å². The van der Waals surface area contributed by atoms with E-state index in [2.05, 4.69) is 10.6 Å². The Hall–Kier alpha value is -4.12. The predicted octanol–water partition coefficient (Wildman–Crippen LogP) is 5.43. The first-order chi connectivity index (χ1) is 15.7. The molecule has 2 amide bonds. The highest BCUT2D eigenvalue weighted by molar-refractivity contribution is 5.93. The molecule has 4 rings (SSSR count). The van der Waals surface area contributed by atoms with Crippen LogP contribution in [0.1, 0.15) is 12.0 Å². The molecule has 0 radical (unpaired) electrons. The van der Waals surface area contributed by atoms with E-state index >= 15 is 0 Å². The first-order valence-corrected chi connectivity index (χ1v) is 10.5. The number of nitrogens with one attached hydrogen (secondary N) is 2. The van der Waals surface area contributed by atoms with Gasteiger partial charge in [-0.2, -0.15) is 0 Å². The summed E-state index contributed by atoms with van der Waals surface area (Å²) in [7, 11) is 0. The number of amides is 2. The minimum absolute atomic E-state index is 0.0468. The van der Waals surface area contributed by atoms with Gasteiger partial charge in [-0.05, 0) is 59.2 Å². The second-order valence-electron chi connectivity index (χ2n) is 7.46. The van der Waals surface area contributed by atoms with Crippen LogP contribution in [0.3, 0.4) is 0 Å². The number of hydrogen-bond acceptors (Lipinski definition) is 3. The van der Waals surface area contributed by atoms with Crippen LogP contribution in [-0.2, 0) is 16.0 Å². The Morgan fingerprint density at radius 2 is 1.28 bits per heavy atom. The zero-order valence-electron chi connectivity index (χ0n) is 17.6. The fourth-order valence-corrected chi connectivity index (χ4v) is 3.37. The molecule has 0 spiro atoms. The van der Waals surface area contributed by atoms with Gasteiger partial charge in [0.05, 0.1) is 0 Å². The highest BCUT2D eigenvalue weighted by Crippen LogP contribution is 2.20. The molecule has 0 saturated heterocycles. The van der Waals surface area contributed by atoms with Crippen LogP contribution >= 0.6 is 0 Å². The van der Waals surface area contributed by atoms with Crippen molar-refractivity contribution >= 4 is 34.0 Å². The Labute approximate surface area is 187 Å². The van der Waals surface area contributed by atoms with Gasteiger partial charge >= 0.3 is 0 Å². The molecule has 0 aliphatic carbocycles. The lowest BCUT2D eigenvalue weighted by atomic mass is 10.1. The normalized spacial score (nSPS) is 10.5. The molecule has 32 heavy (non-hydrogen) atoms. The van der Waals surface area contributed by atoms with Gasteiger partial charge in [0.25, 0.3) is 5.91 Å². The Morgan fingerprint density at radius 1 is 0.656 bits per heavy atom. The number of aryl methyl sites for hydroxylation is 1. The molecule has 4 aromatic rings. The summed E-state index contributed by atoms with van der Waals surface area (Å²) < 4.78 is 5.62. The fourth-order valence-electron chi connectivity index (χ4n) is 3.37. The van der Waals surface area contributed by atoms with Crippen LogP contribution in [0.25, 0.3) is 10.8 Å². The SMILES string of the molecule is O=C(CCc1ccccc1)Nc1ccc(NC(=O)COc2ccc3ccccc3c2)cc1. The van der Waals surface area contributed by atoms with Crippen molar-refractivity contribution in [1.82, 2.24) is 0 Å². The van der Waals surface area contributed by atoms with Crippen molar-refractivity contribution in [2.24, 2.45) is 0 Å². The minimum atomic E-state index is -0.252. The lowest BCUT2D eigenvalue weighted by Crippen LogP contribution is -2.20. The van der Waals surface area contributed by atoms with Crippen LogP contribution in [-0.4, -0.2) is 18.4 Å². The van der Waals surface area contributed by atoms with Crippen LogP contribution < -0.4 is 15.4 Å². The molecule has 0 heterocycles. The Kier molecular flexibility index (Phi) is 6.78. The molecule has 0 saturated carbocycles. The van der Waals surface area contributed by atoms with Gasteiger partial charge in [-0.3, -0.25) is 9.59 Å². The number of ether oxygens (including phenoxy) is 1. The summed E-state index contributed by atoms with van der Waals surface area (Å²) in [5.41, 5.74) is 2.46. The van der Waals surface area contributed by atoms with E-state index in [-0.39, 0.29) is 18.4 Å². The van der Waals surface area contributed by atoms with Crippen LogP contribution in [0.5, 0.6) is 5.75 Å². The molecule has 4 aromatic carbocycles. The fraction of sp³-hybridized carbons (Fsp3) is 0.111. The zero-order valence-corrected chi connectivity index (χ0v) is 17.6. The van der Waals surface area contributed by atoms with E-state index in [0.717, 1.165) is 16.3 Å². The average Bonchev–Trinajstić information content (AvgIpc) is 2.83. The third-order valence-corrected chi connectivity index (χ3v) is 5.03. The minimum Gasteiger partial charge on any atom is -0.484 e. The number of carbonyl (C=O) groups excluding carboxylic acids is 2. The highest BCUT2D eigenvalue weighted by atomic mass is 16.5. The summed E-state index contributed by atoms with van der Waals surface area (Å²) in [6.07, 6.45) is 1.10. The van der Waals surface area contributed by atoms with E-state index in [1.54, 1.807) is 24.3 Å². The molecule has 160 valence electrons. The largest absolute Gasteiger partial charge is 0.484 e. The average molecular weight is 425 g/mol. The van der Waals surface area contributed by atoms with Crippen molar-refractivity contribution in [3.63, 3.8) is 0 Å². The summed E-state index contributed by atoms with van der Waals surface area (Å²) in [6, 6.07) is 30.7. The van der Waals surface area contributed by atoms with E-state index in [0.29, 0.717) is 30.0 Å². The van der Waals surface area contributed by atoms with Crippen LogP contribution in [0.15, 0.2) is 97.1 Å². The first-order valence-electron chi connectivity index (χ1n) is 10.5. The molecule has 0 fully saturated rings. The molecule has 0 unspecified atom stereocenters. The Bertz CT molecular complexity index is 1200. The van der Waals surface area contributed by atoms with Crippen LogP contribution in [0.4, 0.5) is 11.4 Å². The van der Waals surface area contributed by atoms with Gasteiger partial charge in [0.1, 0.15) is 5.75 Å². The molecular weight excluding hydrogens is 400 g/mol. The molecule has 0 aliphatic heterocycles. The van der Waals surface area contributed by atoms with Gasteiger partial charge in [-0.15, -0.1) is 0 Å². The van der Waals surface area contributed by atoms with Crippen molar-refractivity contribution in [2.45, 2.75) is 12.8 Å². The molecule has 2 N–H and O–H groups in total. The summed E-state index contributed by atoms with van der Waals surface area (Å²) in [6.45, 7) is -0.0870.